The van der Waals surface area contributed by atoms with Gasteiger partial charge in [-0.15, -0.1) is 6.42 Å². The summed E-state index contributed by atoms with van der Waals surface area (Å²) in [6.45, 7) is 0.402. The first kappa shape index (κ1) is 16.1. The molecule has 2 bridgehead atoms. The van der Waals surface area contributed by atoms with Crippen LogP contribution in [0.1, 0.15) is 12.0 Å². The van der Waals surface area contributed by atoms with Gasteiger partial charge in [0.05, 0.1) is 18.5 Å². The fourth-order valence-electron chi connectivity index (χ4n) is 3.53. The molecule has 1 fully saturated rings. The topological polar surface area (TPSA) is 67.4 Å². The van der Waals surface area contributed by atoms with E-state index in [0.29, 0.717) is 0 Å². The van der Waals surface area contributed by atoms with Gasteiger partial charge >= 0.3 is 6.09 Å². The van der Waals surface area contributed by atoms with Crippen molar-refractivity contribution < 1.29 is 14.3 Å². The predicted molar refractivity (Wildman–Crippen MR) is 89.6 cm³/mol. The maximum atomic E-state index is 12.3. The molecule has 2 aliphatic rings. The van der Waals surface area contributed by atoms with Crippen molar-refractivity contribution in [3.05, 3.63) is 48.0 Å². The first-order valence-corrected chi connectivity index (χ1v) is 8.05. The zero-order valence-corrected chi connectivity index (χ0v) is 13.3. The van der Waals surface area contributed by atoms with E-state index in [-0.39, 0.29) is 42.9 Å². The number of fused-ring (bicyclic) bond motifs is 2. The van der Waals surface area contributed by atoms with Gasteiger partial charge in [-0.05, 0) is 23.8 Å². The van der Waals surface area contributed by atoms with Crippen LogP contribution in [0.5, 0.6) is 0 Å². The third-order valence-electron chi connectivity index (χ3n) is 4.62. The highest BCUT2D eigenvalue weighted by atomic mass is 16.5. The minimum absolute atomic E-state index is 0.113. The number of alkyl carbamates (subject to hydrolysis) is 1. The lowest BCUT2D eigenvalue weighted by molar-refractivity contribution is -0.126. The van der Waals surface area contributed by atoms with Gasteiger partial charge in [0.2, 0.25) is 5.91 Å². The Hall–Kier alpha value is -2.74. The minimum atomic E-state index is -0.500. The number of carbonyl (C=O) groups excluding carboxylic acids is 2. The van der Waals surface area contributed by atoms with Crippen molar-refractivity contribution in [2.75, 3.05) is 6.54 Å². The lowest BCUT2D eigenvalue weighted by Crippen LogP contribution is -2.49. The number of terminal acetylenes is 1. The van der Waals surface area contributed by atoms with E-state index in [2.05, 4.69) is 28.7 Å². The van der Waals surface area contributed by atoms with E-state index >= 15 is 0 Å². The van der Waals surface area contributed by atoms with E-state index < -0.39 is 6.09 Å². The molecule has 0 saturated heterocycles. The summed E-state index contributed by atoms with van der Waals surface area (Å²) in [6, 6.07) is 9.23. The molecule has 1 saturated carbocycles. The molecular formula is C19H20N2O3. The number of amides is 2. The number of benzene rings is 1. The number of rotatable bonds is 5. The van der Waals surface area contributed by atoms with Gasteiger partial charge in [0.25, 0.3) is 0 Å². The van der Waals surface area contributed by atoms with Gasteiger partial charge in [0, 0.05) is 0 Å². The summed E-state index contributed by atoms with van der Waals surface area (Å²) in [7, 11) is 0. The van der Waals surface area contributed by atoms with Crippen LogP contribution in [0.2, 0.25) is 0 Å². The van der Waals surface area contributed by atoms with Crippen LogP contribution >= 0.6 is 0 Å². The summed E-state index contributed by atoms with van der Waals surface area (Å²) in [5.74, 6) is 2.30. The maximum absolute atomic E-state index is 12.3. The quantitative estimate of drug-likeness (QED) is 0.642. The number of hydrogen-bond acceptors (Lipinski definition) is 3. The van der Waals surface area contributed by atoms with Crippen molar-refractivity contribution in [3.8, 4) is 12.3 Å². The summed E-state index contributed by atoms with van der Waals surface area (Å²) >= 11 is 0. The summed E-state index contributed by atoms with van der Waals surface area (Å²) in [5.41, 5.74) is 0.920. The molecular weight excluding hydrogens is 304 g/mol. The van der Waals surface area contributed by atoms with E-state index in [1.807, 2.05) is 30.3 Å². The van der Waals surface area contributed by atoms with Gasteiger partial charge in [-0.25, -0.2) is 4.79 Å². The van der Waals surface area contributed by atoms with Crippen molar-refractivity contribution >= 4 is 12.0 Å². The lowest BCUT2D eigenvalue weighted by atomic mass is 9.88. The fraction of sp³-hybridized carbons (Fsp3) is 0.368. The Balaban J connectivity index is 1.58. The highest BCUT2D eigenvalue weighted by molar-refractivity contribution is 5.82. The maximum Gasteiger partial charge on any atom is 0.407 e. The van der Waals surface area contributed by atoms with Crippen LogP contribution < -0.4 is 10.6 Å². The van der Waals surface area contributed by atoms with Gasteiger partial charge < -0.3 is 15.4 Å². The highest BCUT2D eigenvalue weighted by Gasteiger charge is 2.48. The average Bonchev–Trinajstić information content (AvgIpc) is 3.20. The van der Waals surface area contributed by atoms with E-state index in [4.69, 9.17) is 11.2 Å². The number of ether oxygens (including phenoxy) is 1. The van der Waals surface area contributed by atoms with Crippen LogP contribution in [-0.2, 0) is 16.1 Å². The molecule has 1 aromatic rings. The second kappa shape index (κ2) is 7.22. The molecule has 5 nitrogen and oxygen atoms in total. The van der Waals surface area contributed by atoms with Gasteiger partial charge in [0.15, 0.2) is 0 Å². The Morgan fingerprint density at radius 3 is 2.71 bits per heavy atom. The number of nitrogens with one attached hydrogen (secondary N) is 2. The highest BCUT2D eigenvalue weighted by Crippen LogP contribution is 2.43. The molecule has 4 atom stereocenters. The summed E-state index contributed by atoms with van der Waals surface area (Å²) < 4.78 is 5.27. The normalized spacial score (nSPS) is 26.6. The van der Waals surface area contributed by atoms with E-state index in [1.165, 1.54) is 0 Å². The van der Waals surface area contributed by atoms with Crippen molar-refractivity contribution in [2.24, 2.45) is 17.8 Å². The molecule has 3 rings (SSSR count). The minimum Gasteiger partial charge on any atom is -0.445 e. The second-order valence-electron chi connectivity index (χ2n) is 6.13. The molecule has 0 spiro atoms. The first-order valence-electron chi connectivity index (χ1n) is 8.05. The Kier molecular flexibility index (Phi) is 4.85. The molecule has 1 aromatic carbocycles. The molecule has 124 valence electrons. The van der Waals surface area contributed by atoms with Crippen molar-refractivity contribution in [1.29, 1.82) is 0 Å². The summed E-state index contributed by atoms with van der Waals surface area (Å²) in [5, 5.41) is 5.58. The van der Waals surface area contributed by atoms with Gasteiger partial charge in [0.1, 0.15) is 6.61 Å². The Bertz CT molecular complexity index is 678. The molecule has 0 aliphatic heterocycles. The SMILES string of the molecule is C#CCNC(=O)[C@@H]1C2C=CC(C2)[C@H]1NC(=O)OCc1ccccc1. The Morgan fingerprint density at radius 1 is 1.21 bits per heavy atom. The molecule has 2 unspecified atom stereocenters. The molecule has 2 N–H and O–H groups in total. The van der Waals surface area contributed by atoms with E-state index in [1.54, 1.807) is 0 Å². The van der Waals surface area contributed by atoms with Crippen LogP contribution in [0.25, 0.3) is 0 Å². The standard InChI is InChI=1S/C19H20N2O3/c1-2-10-20-18(22)16-14-8-9-15(11-14)17(16)21-19(23)24-12-13-6-4-3-5-7-13/h1,3-9,14-17H,10-12H2,(H,20,22)(H,21,23)/t14?,15?,16-,17-/m1/s1. The number of allylic oxidation sites excluding steroid dienone is 1. The zero-order valence-electron chi connectivity index (χ0n) is 13.3. The number of carbonyl (C=O) groups is 2. The monoisotopic (exact) mass is 324 g/mol. The summed E-state index contributed by atoms with van der Waals surface area (Å²) in [6.07, 6.45) is 9.69. The summed E-state index contributed by atoms with van der Waals surface area (Å²) in [4.78, 5) is 24.4. The third kappa shape index (κ3) is 3.43. The third-order valence-corrected chi connectivity index (χ3v) is 4.62. The Morgan fingerprint density at radius 2 is 1.96 bits per heavy atom. The molecule has 24 heavy (non-hydrogen) atoms. The van der Waals surface area contributed by atoms with E-state index in [0.717, 1.165) is 12.0 Å². The lowest BCUT2D eigenvalue weighted by Gasteiger charge is -2.27. The molecule has 2 aliphatic carbocycles. The molecule has 2 amide bonds. The van der Waals surface area contributed by atoms with Crippen LogP contribution in [0.15, 0.2) is 42.5 Å². The van der Waals surface area contributed by atoms with Gasteiger partial charge in [-0.2, -0.15) is 0 Å². The zero-order chi connectivity index (χ0) is 16.9. The first-order chi connectivity index (χ1) is 11.7. The molecule has 5 heteroatoms. The molecule has 0 heterocycles. The number of hydrogen-bond donors (Lipinski definition) is 2. The van der Waals surface area contributed by atoms with Crippen LogP contribution in [-0.4, -0.2) is 24.6 Å². The second-order valence-corrected chi connectivity index (χ2v) is 6.13. The fourth-order valence-corrected chi connectivity index (χ4v) is 3.53. The molecule has 0 aromatic heterocycles. The smallest absolute Gasteiger partial charge is 0.407 e. The van der Waals surface area contributed by atoms with Crippen LogP contribution in [0.4, 0.5) is 4.79 Å². The van der Waals surface area contributed by atoms with E-state index in [9.17, 15) is 9.59 Å². The van der Waals surface area contributed by atoms with Crippen molar-refractivity contribution in [1.82, 2.24) is 10.6 Å². The van der Waals surface area contributed by atoms with Crippen LogP contribution in [0, 0.1) is 30.1 Å². The van der Waals surface area contributed by atoms with Gasteiger partial charge in [-0.1, -0.05) is 48.4 Å². The van der Waals surface area contributed by atoms with Crippen LogP contribution in [0.3, 0.4) is 0 Å². The van der Waals surface area contributed by atoms with Crippen molar-refractivity contribution in [3.63, 3.8) is 0 Å². The van der Waals surface area contributed by atoms with Crippen molar-refractivity contribution in [2.45, 2.75) is 19.1 Å². The van der Waals surface area contributed by atoms with Gasteiger partial charge in [-0.3, -0.25) is 4.79 Å². The molecule has 0 radical (unpaired) electrons. The average molecular weight is 324 g/mol. The largest absolute Gasteiger partial charge is 0.445 e. The predicted octanol–water partition coefficient (Wildman–Crippen LogP) is 1.85. The Labute approximate surface area is 141 Å².